The lowest BCUT2D eigenvalue weighted by Crippen LogP contribution is -1.97. The lowest BCUT2D eigenvalue weighted by atomic mass is 10.1. The highest BCUT2D eigenvalue weighted by atomic mass is 79.9. The molecule has 84 valence electrons. The second-order valence-electron chi connectivity index (χ2n) is 3.82. The SMILES string of the molecule is Brc1cccc2nnc(Cc3ccccc3)n12. The van der Waals surface area contributed by atoms with Crippen LogP contribution in [0.4, 0.5) is 0 Å². The van der Waals surface area contributed by atoms with E-state index in [2.05, 4.69) is 38.3 Å². The molecule has 2 heterocycles. The van der Waals surface area contributed by atoms with Crippen molar-refractivity contribution in [1.29, 1.82) is 0 Å². The number of halogens is 1. The summed E-state index contributed by atoms with van der Waals surface area (Å²) < 4.78 is 3.00. The first-order valence-corrected chi connectivity index (χ1v) is 6.16. The molecular weight excluding hydrogens is 278 g/mol. The van der Waals surface area contributed by atoms with Crippen LogP contribution in [0.25, 0.3) is 5.65 Å². The Morgan fingerprint density at radius 3 is 2.59 bits per heavy atom. The minimum Gasteiger partial charge on any atom is -0.273 e. The number of rotatable bonds is 2. The molecule has 1 aromatic carbocycles. The highest BCUT2D eigenvalue weighted by Crippen LogP contribution is 2.16. The second kappa shape index (κ2) is 4.30. The molecule has 0 aliphatic heterocycles. The summed E-state index contributed by atoms with van der Waals surface area (Å²) in [6.45, 7) is 0. The Bertz CT molecular complexity index is 646. The summed E-state index contributed by atoms with van der Waals surface area (Å²) >= 11 is 3.52. The molecule has 0 bridgehead atoms. The maximum absolute atomic E-state index is 4.23. The van der Waals surface area contributed by atoms with Gasteiger partial charge in [0.1, 0.15) is 5.82 Å². The number of hydrogen-bond donors (Lipinski definition) is 0. The van der Waals surface area contributed by atoms with Crippen molar-refractivity contribution in [2.75, 3.05) is 0 Å². The average molecular weight is 288 g/mol. The fraction of sp³-hybridized carbons (Fsp3) is 0.0769. The Kier molecular flexibility index (Phi) is 2.65. The van der Waals surface area contributed by atoms with Crippen LogP contribution in [-0.4, -0.2) is 14.6 Å². The number of fused-ring (bicyclic) bond motifs is 1. The Morgan fingerprint density at radius 1 is 0.941 bits per heavy atom. The summed E-state index contributed by atoms with van der Waals surface area (Å²) in [5.41, 5.74) is 2.10. The quantitative estimate of drug-likeness (QED) is 0.678. The highest BCUT2D eigenvalue weighted by Gasteiger charge is 2.08. The van der Waals surface area contributed by atoms with Gasteiger partial charge < -0.3 is 0 Å². The van der Waals surface area contributed by atoms with Crippen LogP contribution < -0.4 is 0 Å². The normalized spacial score (nSPS) is 10.9. The van der Waals surface area contributed by atoms with E-state index in [1.165, 1.54) is 5.56 Å². The number of aromatic nitrogens is 3. The summed E-state index contributed by atoms with van der Waals surface area (Å²) in [6, 6.07) is 16.2. The average Bonchev–Trinajstić information content (AvgIpc) is 2.75. The molecule has 0 radical (unpaired) electrons. The molecule has 3 aromatic rings. The Hall–Kier alpha value is -1.68. The third-order valence-electron chi connectivity index (χ3n) is 2.65. The van der Waals surface area contributed by atoms with Crippen LogP contribution in [0.3, 0.4) is 0 Å². The first-order valence-electron chi connectivity index (χ1n) is 5.37. The van der Waals surface area contributed by atoms with Crippen molar-refractivity contribution in [3.05, 3.63) is 64.5 Å². The number of pyridine rings is 1. The van der Waals surface area contributed by atoms with Crippen LogP contribution in [0.5, 0.6) is 0 Å². The number of hydrogen-bond acceptors (Lipinski definition) is 2. The van der Waals surface area contributed by atoms with Gasteiger partial charge in [-0.3, -0.25) is 4.40 Å². The fourth-order valence-electron chi connectivity index (χ4n) is 1.85. The van der Waals surface area contributed by atoms with Crippen molar-refractivity contribution in [3.8, 4) is 0 Å². The zero-order chi connectivity index (χ0) is 11.7. The Morgan fingerprint density at radius 2 is 1.76 bits per heavy atom. The monoisotopic (exact) mass is 287 g/mol. The zero-order valence-corrected chi connectivity index (χ0v) is 10.6. The summed E-state index contributed by atoms with van der Waals surface area (Å²) in [5.74, 6) is 0.943. The minimum absolute atomic E-state index is 0.782. The van der Waals surface area contributed by atoms with Crippen molar-refractivity contribution in [2.24, 2.45) is 0 Å². The van der Waals surface area contributed by atoms with Crippen molar-refractivity contribution in [2.45, 2.75) is 6.42 Å². The number of benzene rings is 1. The Balaban J connectivity index is 2.07. The molecule has 3 nitrogen and oxygen atoms in total. The maximum Gasteiger partial charge on any atom is 0.161 e. The van der Waals surface area contributed by atoms with Gasteiger partial charge in [0.15, 0.2) is 5.65 Å². The van der Waals surface area contributed by atoms with Gasteiger partial charge in [0.2, 0.25) is 0 Å². The molecule has 0 aliphatic carbocycles. The van der Waals surface area contributed by atoms with Gasteiger partial charge in [-0.05, 0) is 33.6 Å². The number of nitrogens with zero attached hydrogens (tertiary/aromatic N) is 3. The van der Waals surface area contributed by atoms with Gasteiger partial charge in [-0.1, -0.05) is 36.4 Å². The van der Waals surface area contributed by atoms with Crippen LogP contribution in [0.1, 0.15) is 11.4 Å². The molecule has 0 saturated heterocycles. The summed E-state index contributed by atoms with van der Waals surface area (Å²) in [4.78, 5) is 0. The topological polar surface area (TPSA) is 30.2 Å². The van der Waals surface area contributed by atoms with E-state index in [0.717, 1.165) is 22.5 Å². The molecule has 0 unspecified atom stereocenters. The van der Waals surface area contributed by atoms with Gasteiger partial charge in [0.25, 0.3) is 0 Å². The summed E-state index contributed by atoms with van der Waals surface area (Å²) in [6.07, 6.45) is 0.782. The van der Waals surface area contributed by atoms with E-state index in [4.69, 9.17) is 0 Å². The molecule has 0 N–H and O–H groups in total. The molecule has 3 rings (SSSR count). The van der Waals surface area contributed by atoms with E-state index in [0.29, 0.717) is 0 Å². The van der Waals surface area contributed by atoms with Crippen molar-refractivity contribution in [1.82, 2.24) is 14.6 Å². The molecule has 0 fully saturated rings. The molecule has 0 amide bonds. The van der Waals surface area contributed by atoms with Gasteiger partial charge >= 0.3 is 0 Å². The van der Waals surface area contributed by atoms with E-state index >= 15 is 0 Å². The molecule has 0 spiro atoms. The second-order valence-corrected chi connectivity index (χ2v) is 4.63. The molecule has 0 saturated carbocycles. The van der Waals surface area contributed by atoms with Gasteiger partial charge in [-0.15, -0.1) is 10.2 Å². The van der Waals surface area contributed by atoms with Gasteiger partial charge in [-0.25, -0.2) is 0 Å². The maximum atomic E-state index is 4.23. The third-order valence-corrected chi connectivity index (χ3v) is 3.27. The van der Waals surface area contributed by atoms with Gasteiger partial charge in [0, 0.05) is 6.42 Å². The van der Waals surface area contributed by atoms with E-state index in [-0.39, 0.29) is 0 Å². The third kappa shape index (κ3) is 1.96. The van der Waals surface area contributed by atoms with Crippen LogP contribution in [0.2, 0.25) is 0 Å². The molecular formula is C13H10BrN3. The first kappa shape index (κ1) is 10.5. The highest BCUT2D eigenvalue weighted by molar-refractivity contribution is 9.10. The van der Waals surface area contributed by atoms with Crippen LogP contribution in [-0.2, 0) is 6.42 Å². The molecule has 0 aliphatic rings. The lowest BCUT2D eigenvalue weighted by Gasteiger charge is -2.02. The molecule has 17 heavy (non-hydrogen) atoms. The van der Waals surface area contributed by atoms with Gasteiger partial charge in [-0.2, -0.15) is 0 Å². The molecule has 4 heteroatoms. The smallest absolute Gasteiger partial charge is 0.161 e. The van der Waals surface area contributed by atoms with Crippen molar-refractivity contribution >= 4 is 21.6 Å². The lowest BCUT2D eigenvalue weighted by molar-refractivity contribution is 0.924. The summed E-state index contributed by atoms with van der Waals surface area (Å²) in [5, 5.41) is 8.39. The van der Waals surface area contributed by atoms with E-state index in [1.807, 2.05) is 40.8 Å². The van der Waals surface area contributed by atoms with E-state index in [1.54, 1.807) is 0 Å². The van der Waals surface area contributed by atoms with Crippen LogP contribution in [0, 0.1) is 0 Å². The standard InChI is InChI=1S/C13H10BrN3/c14-11-7-4-8-12-15-16-13(17(11)12)9-10-5-2-1-3-6-10/h1-8H,9H2. The molecule has 0 atom stereocenters. The predicted octanol–water partition coefficient (Wildman–Crippen LogP) is 3.08. The zero-order valence-electron chi connectivity index (χ0n) is 9.05. The van der Waals surface area contributed by atoms with E-state index < -0.39 is 0 Å². The van der Waals surface area contributed by atoms with Crippen molar-refractivity contribution in [3.63, 3.8) is 0 Å². The van der Waals surface area contributed by atoms with Crippen molar-refractivity contribution < 1.29 is 0 Å². The summed E-state index contributed by atoms with van der Waals surface area (Å²) in [7, 11) is 0. The predicted molar refractivity (Wildman–Crippen MR) is 69.9 cm³/mol. The fourth-order valence-corrected chi connectivity index (χ4v) is 2.39. The van der Waals surface area contributed by atoms with E-state index in [9.17, 15) is 0 Å². The van der Waals surface area contributed by atoms with Crippen LogP contribution >= 0.6 is 15.9 Å². The van der Waals surface area contributed by atoms with Crippen LogP contribution in [0.15, 0.2) is 53.1 Å². The first-order chi connectivity index (χ1) is 8.34. The minimum atomic E-state index is 0.782. The Labute approximate surface area is 107 Å². The largest absolute Gasteiger partial charge is 0.273 e. The van der Waals surface area contributed by atoms with Gasteiger partial charge in [0.05, 0.1) is 4.60 Å². The molecule has 2 aromatic heterocycles.